The number of imidazole rings is 1. The topological polar surface area (TPSA) is 165 Å². The highest BCUT2D eigenvalue weighted by molar-refractivity contribution is 5.94. The predicted octanol–water partition coefficient (Wildman–Crippen LogP) is -0.691. The molecule has 0 aromatic carbocycles. The van der Waals surface area contributed by atoms with E-state index in [-0.39, 0.29) is 24.3 Å². The molecule has 11 nitrogen and oxygen atoms in total. The van der Waals surface area contributed by atoms with Gasteiger partial charge in [0.25, 0.3) is 0 Å². The zero-order valence-electron chi connectivity index (χ0n) is 18.1. The summed E-state index contributed by atoms with van der Waals surface area (Å²) in [6.07, 6.45) is 4.96. The molecule has 0 bridgehead atoms. The van der Waals surface area contributed by atoms with Crippen molar-refractivity contribution in [1.29, 1.82) is 0 Å². The maximum atomic E-state index is 12.8. The molecule has 0 saturated carbocycles. The van der Waals surface area contributed by atoms with Crippen LogP contribution in [0.25, 0.3) is 0 Å². The van der Waals surface area contributed by atoms with Crippen LogP contribution in [-0.4, -0.2) is 69.5 Å². The molecule has 4 atom stereocenters. The van der Waals surface area contributed by atoms with Crippen LogP contribution in [-0.2, 0) is 25.6 Å². The van der Waals surface area contributed by atoms with Gasteiger partial charge in [-0.1, -0.05) is 13.8 Å². The molecule has 1 aromatic heterocycles. The molecular weight excluding hydrogens is 404 g/mol. The first-order chi connectivity index (χ1) is 14.7. The molecule has 31 heavy (non-hydrogen) atoms. The molecule has 3 amide bonds. The van der Waals surface area contributed by atoms with Crippen molar-refractivity contribution in [2.24, 2.45) is 5.92 Å². The number of H-pyrrole nitrogens is 1. The summed E-state index contributed by atoms with van der Waals surface area (Å²) in [7, 11) is 0. The molecule has 0 radical (unpaired) electrons. The van der Waals surface area contributed by atoms with Crippen LogP contribution in [0.4, 0.5) is 0 Å². The van der Waals surface area contributed by atoms with Crippen LogP contribution in [0.3, 0.4) is 0 Å². The molecule has 2 heterocycles. The number of carbonyl (C=O) groups is 4. The van der Waals surface area contributed by atoms with Gasteiger partial charge in [-0.25, -0.2) is 9.78 Å². The van der Waals surface area contributed by atoms with Crippen molar-refractivity contribution < 1.29 is 24.3 Å². The molecule has 1 fully saturated rings. The van der Waals surface area contributed by atoms with Crippen LogP contribution in [0.2, 0.25) is 0 Å². The summed E-state index contributed by atoms with van der Waals surface area (Å²) in [6, 6.07) is -3.26. The second-order valence-electron chi connectivity index (χ2n) is 8.25. The number of nitrogens with one attached hydrogen (secondary N) is 5. The average molecular weight is 437 g/mol. The van der Waals surface area contributed by atoms with Crippen molar-refractivity contribution in [3.63, 3.8) is 0 Å². The molecule has 1 aliphatic heterocycles. The zero-order chi connectivity index (χ0) is 23.0. The summed E-state index contributed by atoms with van der Waals surface area (Å²) in [4.78, 5) is 55.8. The number of aliphatic carboxylic acids is 1. The quantitative estimate of drug-likeness (QED) is 0.267. The highest BCUT2D eigenvalue weighted by Gasteiger charge is 2.30. The van der Waals surface area contributed by atoms with E-state index in [2.05, 4.69) is 31.2 Å². The minimum Gasteiger partial charge on any atom is -0.480 e. The number of carboxylic acids is 1. The third-order valence-corrected chi connectivity index (χ3v) is 5.06. The van der Waals surface area contributed by atoms with Crippen molar-refractivity contribution in [1.82, 2.24) is 31.2 Å². The Bertz CT molecular complexity index is 760. The molecule has 0 spiro atoms. The molecule has 1 aliphatic rings. The molecular formula is C20H32N6O5. The predicted molar refractivity (Wildman–Crippen MR) is 112 cm³/mol. The fraction of sp³-hybridized carbons (Fsp3) is 0.650. The Balaban J connectivity index is 1.94. The van der Waals surface area contributed by atoms with Crippen molar-refractivity contribution in [3.8, 4) is 0 Å². The third-order valence-electron chi connectivity index (χ3n) is 5.06. The van der Waals surface area contributed by atoms with Gasteiger partial charge in [-0.05, 0) is 38.6 Å². The number of aromatic nitrogens is 2. The lowest BCUT2D eigenvalue weighted by molar-refractivity contribution is -0.142. The van der Waals surface area contributed by atoms with Gasteiger partial charge in [0.2, 0.25) is 17.7 Å². The maximum absolute atomic E-state index is 12.8. The first-order valence-electron chi connectivity index (χ1n) is 10.5. The van der Waals surface area contributed by atoms with Crippen LogP contribution in [0.15, 0.2) is 12.5 Å². The van der Waals surface area contributed by atoms with E-state index in [4.69, 9.17) is 0 Å². The number of carboxylic acid groups (broad SMARTS) is 1. The maximum Gasteiger partial charge on any atom is 0.326 e. The van der Waals surface area contributed by atoms with Gasteiger partial charge in [-0.3, -0.25) is 14.4 Å². The zero-order valence-corrected chi connectivity index (χ0v) is 18.1. The minimum atomic E-state index is -1.20. The Labute approximate surface area is 181 Å². The number of hydrogen-bond donors (Lipinski definition) is 6. The van der Waals surface area contributed by atoms with Gasteiger partial charge in [0.15, 0.2) is 0 Å². The smallest absolute Gasteiger partial charge is 0.326 e. The first-order valence-corrected chi connectivity index (χ1v) is 10.5. The van der Waals surface area contributed by atoms with Crippen molar-refractivity contribution >= 4 is 23.7 Å². The van der Waals surface area contributed by atoms with Crippen LogP contribution in [0, 0.1) is 5.92 Å². The largest absolute Gasteiger partial charge is 0.480 e. The molecule has 4 unspecified atom stereocenters. The van der Waals surface area contributed by atoms with E-state index in [1.807, 2.05) is 13.8 Å². The van der Waals surface area contributed by atoms with Crippen molar-refractivity contribution in [2.75, 3.05) is 6.54 Å². The lowest BCUT2D eigenvalue weighted by atomic mass is 10.0. The number of nitrogens with zero attached hydrogens (tertiary/aromatic N) is 1. The first kappa shape index (κ1) is 24.3. The Kier molecular flexibility index (Phi) is 8.98. The van der Waals surface area contributed by atoms with E-state index in [0.717, 1.165) is 13.0 Å². The van der Waals surface area contributed by atoms with Gasteiger partial charge in [0, 0.05) is 18.3 Å². The van der Waals surface area contributed by atoms with Crippen LogP contribution in [0.5, 0.6) is 0 Å². The molecule has 11 heteroatoms. The van der Waals surface area contributed by atoms with Crippen LogP contribution >= 0.6 is 0 Å². The van der Waals surface area contributed by atoms with Crippen molar-refractivity contribution in [3.05, 3.63) is 18.2 Å². The number of rotatable bonds is 11. The Morgan fingerprint density at radius 1 is 1.13 bits per heavy atom. The fourth-order valence-corrected chi connectivity index (χ4v) is 3.38. The summed E-state index contributed by atoms with van der Waals surface area (Å²) in [6.45, 7) is 6.10. The second-order valence-corrected chi connectivity index (χ2v) is 8.25. The summed E-state index contributed by atoms with van der Waals surface area (Å²) < 4.78 is 0. The number of carbonyl (C=O) groups excluding carboxylic acids is 3. The van der Waals surface area contributed by atoms with Crippen molar-refractivity contribution in [2.45, 2.75) is 70.6 Å². The molecule has 0 aliphatic carbocycles. The van der Waals surface area contributed by atoms with E-state index in [1.165, 1.54) is 19.4 Å². The molecule has 1 saturated heterocycles. The van der Waals surface area contributed by atoms with E-state index in [9.17, 15) is 24.3 Å². The summed E-state index contributed by atoms with van der Waals surface area (Å²) >= 11 is 0. The average Bonchev–Trinajstić information content (AvgIpc) is 3.40. The van der Waals surface area contributed by atoms with Gasteiger partial charge in [-0.2, -0.15) is 0 Å². The number of amides is 3. The Hall–Kier alpha value is -2.95. The van der Waals surface area contributed by atoms with Crippen LogP contribution in [0.1, 0.15) is 45.7 Å². The monoisotopic (exact) mass is 436 g/mol. The summed E-state index contributed by atoms with van der Waals surface area (Å²) in [5.74, 6) is -2.41. The lowest BCUT2D eigenvalue weighted by Crippen LogP contribution is -2.56. The van der Waals surface area contributed by atoms with E-state index < -0.39 is 35.9 Å². The van der Waals surface area contributed by atoms with E-state index in [1.54, 1.807) is 0 Å². The van der Waals surface area contributed by atoms with E-state index in [0.29, 0.717) is 18.5 Å². The standard InChI is InChI=1S/C20H32N6O5/c1-11(2)7-15(25-18(28)14-5-4-6-22-14)19(29)24-12(3)17(27)26-16(20(30)31)8-13-9-21-10-23-13/h9-12,14-16,22H,4-8H2,1-3H3,(H,21,23)(H,24,29)(H,25,28)(H,26,27)(H,30,31). The van der Waals surface area contributed by atoms with Gasteiger partial charge in [-0.15, -0.1) is 0 Å². The highest BCUT2D eigenvalue weighted by atomic mass is 16.4. The molecule has 1 aromatic rings. The van der Waals surface area contributed by atoms with Gasteiger partial charge < -0.3 is 31.4 Å². The second kappa shape index (κ2) is 11.4. The minimum absolute atomic E-state index is 0.0299. The third kappa shape index (κ3) is 7.67. The lowest BCUT2D eigenvalue weighted by Gasteiger charge is -2.24. The Morgan fingerprint density at radius 3 is 2.42 bits per heavy atom. The molecule has 172 valence electrons. The highest BCUT2D eigenvalue weighted by Crippen LogP contribution is 2.09. The Morgan fingerprint density at radius 2 is 1.87 bits per heavy atom. The fourth-order valence-electron chi connectivity index (χ4n) is 3.38. The van der Waals surface area contributed by atoms with Gasteiger partial charge in [0.1, 0.15) is 18.1 Å². The van der Waals surface area contributed by atoms with Crippen LogP contribution < -0.4 is 21.3 Å². The summed E-state index contributed by atoms with van der Waals surface area (Å²) in [5.41, 5.74) is 0.560. The van der Waals surface area contributed by atoms with Gasteiger partial charge >= 0.3 is 5.97 Å². The van der Waals surface area contributed by atoms with Gasteiger partial charge in [0.05, 0.1) is 12.4 Å². The molecule has 6 N–H and O–H groups in total. The molecule has 2 rings (SSSR count). The van der Waals surface area contributed by atoms with E-state index >= 15 is 0 Å². The SMILES string of the molecule is CC(C)CC(NC(=O)C1CCCN1)C(=O)NC(C)C(=O)NC(Cc1cnc[nH]1)C(=O)O. The number of hydrogen-bond acceptors (Lipinski definition) is 6. The number of aromatic amines is 1. The normalized spacial score (nSPS) is 18.8. The summed E-state index contributed by atoms with van der Waals surface area (Å²) in [5, 5.41) is 20.3.